The monoisotopic (exact) mass is 454 g/mol. The standard InChI is InChI=1S/C20H17Cl3N2O4/c21-12-4-3-11(8-13(12)22)20(27)25-5-1-2-16(25)19(26)24-15-10-18-17(9-14(15)23)28-6-7-29-18/h3-4,8-10,16H,1-2,5-7H2,(H,24,26). The van der Waals surface area contributed by atoms with Crippen LogP contribution in [0, 0.1) is 0 Å². The number of anilines is 1. The number of hydrogen-bond acceptors (Lipinski definition) is 4. The van der Waals surface area contributed by atoms with Gasteiger partial charge in [-0.1, -0.05) is 34.8 Å². The number of halogens is 3. The maximum Gasteiger partial charge on any atom is 0.254 e. The zero-order valence-corrected chi connectivity index (χ0v) is 17.5. The summed E-state index contributed by atoms with van der Waals surface area (Å²) in [6, 6.07) is 7.31. The molecule has 0 saturated carbocycles. The van der Waals surface area contributed by atoms with E-state index in [2.05, 4.69) is 5.32 Å². The Morgan fingerprint density at radius 2 is 1.69 bits per heavy atom. The van der Waals surface area contributed by atoms with Crippen molar-refractivity contribution in [2.24, 2.45) is 0 Å². The second-order valence-corrected chi connectivity index (χ2v) is 7.97. The first-order chi connectivity index (χ1) is 13.9. The van der Waals surface area contributed by atoms with Gasteiger partial charge >= 0.3 is 0 Å². The van der Waals surface area contributed by atoms with Gasteiger partial charge in [-0.2, -0.15) is 0 Å². The number of carbonyl (C=O) groups excluding carboxylic acids is 2. The summed E-state index contributed by atoms with van der Waals surface area (Å²) in [6.07, 6.45) is 1.28. The minimum atomic E-state index is -0.610. The summed E-state index contributed by atoms with van der Waals surface area (Å²) in [5, 5.41) is 3.81. The first kappa shape index (κ1) is 20.1. The number of nitrogens with zero attached hydrogens (tertiary/aromatic N) is 1. The lowest BCUT2D eigenvalue weighted by molar-refractivity contribution is -0.119. The summed E-state index contributed by atoms with van der Waals surface area (Å²) in [7, 11) is 0. The maximum absolute atomic E-state index is 12.9. The van der Waals surface area contributed by atoms with Gasteiger partial charge in [-0.25, -0.2) is 0 Å². The molecule has 1 unspecified atom stereocenters. The molecule has 1 saturated heterocycles. The normalized spacial score (nSPS) is 17.9. The van der Waals surface area contributed by atoms with Gasteiger partial charge in [0.15, 0.2) is 11.5 Å². The molecule has 2 heterocycles. The fourth-order valence-electron chi connectivity index (χ4n) is 3.45. The lowest BCUT2D eigenvalue weighted by Gasteiger charge is -2.25. The molecule has 0 aromatic heterocycles. The molecule has 6 nitrogen and oxygen atoms in total. The number of fused-ring (bicyclic) bond motifs is 1. The van der Waals surface area contributed by atoms with Crippen molar-refractivity contribution in [2.45, 2.75) is 18.9 Å². The molecule has 2 aromatic carbocycles. The van der Waals surface area contributed by atoms with E-state index in [1.54, 1.807) is 29.2 Å². The van der Waals surface area contributed by atoms with E-state index >= 15 is 0 Å². The number of likely N-dealkylation sites (tertiary alicyclic amines) is 1. The molecule has 1 fully saturated rings. The van der Waals surface area contributed by atoms with Crippen molar-refractivity contribution < 1.29 is 19.1 Å². The SMILES string of the molecule is O=C(Nc1cc2c(cc1Cl)OCCO2)C1CCCN1C(=O)c1ccc(Cl)c(Cl)c1. The molecule has 152 valence electrons. The highest BCUT2D eigenvalue weighted by Crippen LogP contribution is 2.38. The van der Waals surface area contributed by atoms with E-state index in [1.807, 2.05) is 0 Å². The predicted molar refractivity (Wildman–Crippen MR) is 112 cm³/mol. The Kier molecular flexibility index (Phi) is 5.76. The number of carbonyl (C=O) groups is 2. The number of rotatable bonds is 3. The molecule has 4 rings (SSSR count). The van der Waals surface area contributed by atoms with Crippen LogP contribution in [0.1, 0.15) is 23.2 Å². The molecule has 9 heteroatoms. The van der Waals surface area contributed by atoms with E-state index < -0.39 is 6.04 Å². The molecule has 0 aliphatic carbocycles. The summed E-state index contributed by atoms with van der Waals surface area (Å²) in [6.45, 7) is 1.35. The van der Waals surface area contributed by atoms with Crippen molar-refractivity contribution in [1.82, 2.24) is 4.90 Å². The van der Waals surface area contributed by atoms with Crippen LogP contribution in [-0.4, -0.2) is 42.5 Å². The number of hydrogen-bond donors (Lipinski definition) is 1. The van der Waals surface area contributed by atoms with Crippen LogP contribution >= 0.6 is 34.8 Å². The van der Waals surface area contributed by atoms with Gasteiger partial charge in [0.25, 0.3) is 5.91 Å². The van der Waals surface area contributed by atoms with Crippen LogP contribution < -0.4 is 14.8 Å². The molecule has 1 N–H and O–H groups in total. The van der Waals surface area contributed by atoms with Crippen LogP contribution in [-0.2, 0) is 4.79 Å². The Balaban J connectivity index is 1.52. The molecule has 0 radical (unpaired) electrons. The molecule has 1 atom stereocenters. The third-order valence-electron chi connectivity index (χ3n) is 4.87. The number of nitrogens with one attached hydrogen (secondary N) is 1. The molecule has 2 amide bonds. The van der Waals surface area contributed by atoms with E-state index in [0.717, 1.165) is 6.42 Å². The summed E-state index contributed by atoms with van der Waals surface area (Å²) >= 11 is 18.2. The van der Waals surface area contributed by atoms with Gasteiger partial charge in [0.2, 0.25) is 5.91 Å². The molecular weight excluding hydrogens is 439 g/mol. The molecule has 2 aliphatic heterocycles. The van der Waals surface area contributed by atoms with Crippen LogP contribution in [0.2, 0.25) is 15.1 Å². The van der Waals surface area contributed by atoms with Crippen molar-refractivity contribution in [3.63, 3.8) is 0 Å². The van der Waals surface area contributed by atoms with E-state index in [0.29, 0.717) is 64.0 Å². The Morgan fingerprint density at radius 1 is 0.966 bits per heavy atom. The van der Waals surface area contributed by atoms with Crippen molar-refractivity contribution in [3.05, 3.63) is 51.0 Å². The Morgan fingerprint density at radius 3 is 2.41 bits per heavy atom. The van der Waals surface area contributed by atoms with Crippen molar-refractivity contribution in [3.8, 4) is 11.5 Å². The zero-order valence-electron chi connectivity index (χ0n) is 15.2. The number of benzene rings is 2. The van der Waals surface area contributed by atoms with Gasteiger partial charge < -0.3 is 19.7 Å². The van der Waals surface area contributed by atoms with Gasteiger partial charge in [-0.15, -0.1) is 0 Å². The van der Waals surface area contributed by atoms with Crippen LogP contribution in [0.4, 0.5) is 5.69 Å². The number of amides is 2. The lowest BCUT2D eigenvalue weighted by Crippen LogP contribution is -2.43. The topological polar surface area (TPSA) is 67.9 Å². The minimum Gasteiger partial charge on any atom is -0.486 e. The largest absolute Gasteiger partial charge is 0.486 e. The van der Waals surface area contributed by atoms with Crippen LogP contribution in [0.15, 0.2) is 30.3 Å². The number of ether oxygens (including phenoxy) is 2. The first-order valence-corrected chi connectivity index (χ1v) is 10.2. The molecule has 0 spiro atoms. The lowest BCUT2D eigenvalue weighted by atomic mass is 10.1. The quantitative estimate of drug-likeness (QED) is 0.731. The third kappa shape index (κ3) is 4.10. The maximum atomic E-state index is 12.9. The second kappa shape index (κ2) is 8.30. The van der Waals surface area contributed by atoms with E-state index in [1.165, 1.54) is 6.07 Å². The molecule has 2 aromatic rings. The Bertz CT molecular complexity index is 982. The molecule has 0 bridgehead atoms. The fourth-order valence-corrected chi connectivity index (χ4v) is 3.95. The summed E-state index contributed by atoms with van der Waals surface area (Å²) < 4.78 is 11.0. The highest BCUT2D eigenvalue weighted by atomic mass is 35.5. The second-order valence-electron chi connectivity index (χ2n) is 6.75. The van der Waals surface area contributed by atoms with Crippen LogP contribution in [0.5, 0.6) is 11.5 Å². The Labute approximate surface area is 182 Å². The Hall–Kier alpha value is -2.15. The smallest absolute Gasteiger partial charge is 0.254 e. The van der Waals surface area contributed by atoms with Gasteiger partial charge in [0.05, 0.1) is 20.8 Å². The molecule has 2 aliphatic rings. The fraction of sp³-hybridized carbons (Fsp3) is 0.300. The van der Waals surface area contributed by atoms with Crippen LogP contribution in [0.25, 0.3) is 0 Å². The first-order valence-electron chi connectivity index (χ1n) is 9.10. The minimum absolute atomic E-state index is 0.269. The summed E-state index contributed by atoms with van der Waals surface area (Å²) in [4.78, 5) is 27.4. The highest BCUT2D eigenvalue weighted by Gasteiger charge is 2.35. The van der Waals surface area contributed by atoms with Crippen molar-refractivity contribution in [1.29, 1.82) is 0 Å². The van der Waals surface area contributed by atoms with Gasteiger partial charge in [-0.3, -0.25) is 9.59 Å². The van der Waals surface area contributed by atoms with Crippen molar-refractivity contribution in [2.75, 3.05) is 25.1 Å². The predicted octanol–water partition coefficient (Wildman–Crippen LogP) is 4.66. The third-order valence-corrected chi connectivity index (χ3v) is 5.92. The average molecular weight is 456 g/mol. The average Bonchev–Trinajstić information content (AvgIpc) is 3.20. The van der Waals surface area contributed by atoms with E-state index in [9.17, 15) is 9.59 Å². The van der Waals surface area contributed by atoms with E-state index in [-0.39, 0.29) is 11.8 Å². The summed E-state index contributed by atoms with van der Waals surface area (Å²) in [5.41, 5.74) is 0.797. The van der Waals surface area contributed by atoms with Gasteiger partial charge in [0, 0.05) is 24.2 Å². The van der Waals surface area contributed by atoms with E-state index in [4.69, 9.17) is 44.3 Å². The zero-order chi connectivity index (χ0) is 20.5. The molecule has 29 heavy (non-hydrogen) atoms. The van der Waals surface area contributed by atoms with Crippen molar-refractivity contribution >= 4 is 52.3 Å². The van der Waals surface area contributed by atoms with Crippen LogP contribution in [0.3, 0.4) is 0 Å². The molecular formula is C20H17Cl3N2O4. The highest BCUT2D eigenvalue weighted by molar-refractivity contribution is 6.42. The van der Waals surface area contributed by atoms with Gasteiger partial charge in [0.1, 0.15) is 19.3 Å². The van der Waals surface area contributed by atoms with Gasteiger partial charge in [-0.05, 0) is 31.0 Å². The summed E-state index contributed by atoms with van der Waals surface area (Å²) in [5.74, 6) is 0.478.